The van der Waals surface area contributed by atoms with Crippen LogP contribution in [0.3, 0.4) is 0 Å². The Bertz CT molecular complexity index is 545. The van der Waals surface area contributed by atoms with Gasteiger partial charge >= 0.3 is 0 Å². The van der Waals surface area contributed by atoms with E-state index in [-0.39, 0.29) is 11.9 Å². The molecule has 20 heavy (non-hydrogen) atoms. The Morgan fingerprint density at radius 1 is 1.20 bits per heavy atom. The van der Waals surface area contributed by atoms with Gasteiger partial charge in [-0.1, -0.05) is 18.5 Å². The van der Waals surface area contributed by atoms with Crippen molar-refractivity contribution in [2.45, 2.75) is 25.8 Å². The number of nitrogens with one attached hydrogen (secondary N) is 1. The molecule has 0 amide bonds. The maximum atomic E-state index is 13.8. The molecule has 0 fully saturated rings. The van der Waals surface area contributed by atoms with Crippen LogP contribution in [0.4, 0.5) is 4.39 Å². The average molecular weight is 293 g/mol. The van der Waals surface area contributed by atoms with Gasteiger partial charge in [-0.05, 0) is 60.8 Å². The molecule has 2 aromatic rings. The minimum atomic E-state index is -0.202. The van der Waals surface area contributed by atoms with E-state index in [4.69, 9.17) is 11.6 Å². The first-order chi connectivity index (χ1) is 9.69. The Kier molecular flexibility index (Phi) is 5.50. The summed E-state index contributed by atoms with van der Waals surface area (Å²) in [6.45, 7) is 2.89. The summed E-state index contributed by atoms with van der Waals surface area (Å²) in [6, 6.07) is 8.85. The van der Waals surface area contributed by atoms with Crippen LogP contribution in [0.5, 0.6) is 0 Å². The largest absolute Gasteiger partial charge is 0.314 e. The van der Waals surface area contributed by atoms with E-state index in [0.29, 0.717) is 17.0 Å². The molecule has 2 rings (SSSR count). The van der Waals surface area contributed by atoms with Gasteiger partial charge in [0.15, 0.2) is 0 Å². The molecule has 0 bridgehead atoms. The fourth-order valence-electron chi connectivity index (χ4n) is 2.27. The van der Waals surface area contributed by atoms with Crippen molar-refractivity contribution in [2.75, 3.05) is 6.54 Å². The quantitative estimate of drug-likeness (QED) is 0.879. The second-order valence-electron chi connectivity index (χ2n) is 4.75. The Morgan fingerprint density at radius 2 is 1.95 bits per heavy atom. The van der Waals surface area contributed by atoms with Crippen molar-refractivity contribution in [3.05, 3.63) is 64.7 Å². The van der Waals surface area contributed by atoms with Crippen molar-refractivity contribution in [1.29, 1.82) is 0 Å². The highest BCUT2D eigenvalue weighted by molar-refractivity contribution is 6.30. The first-order valence-electron chi connectivity index (χ1n) is 6.75. The summed E-state index contributed by atoms with van der Waals surface area (Å²) >= 11 is 5.94. The monoisotopic (exact) mass is 292 g/mol. The van der Waals surface area contributed by atoms with Crippen LogP contribution in [-0.2, 0) is 12.8 Å². The maximum Gasteiger partial charge on any atom is 0.126 e. The lowest BCUT2D eigenvalue weighted by Gasteiger charge is -2.18. The molecule has 0 spiro atoms. The Morgan fingerprint density at radius 3 is 2.65 bits per heavy atom. The standard InChI is InChI=1S/C16H18ClFN2/c1-2-20-15(9-12-5-7-19-8-6-12)11-13-10-14(17)3-4-16(13)18/h3-8,10,15,20H,2,9,11H2,1H3. The third-order valence-corrected chi connectivity index (χ3v) is 3.43. The van der Waals surface area contributed by atoms with Crippen LogP contribution in [0.1, 0.15) is 18.1 Å². The van der Waals surface area contributed by atoms with E-state index in [2.05, 4.69) is 10.3 Å². The molecule has 106 valence electrons. The van der Waals surface area contributed by atoms with E-state index in [0.717, 1.165) is 13.0 Å². The summed E-state index contributed by atoms with van der Waals surface area (Å²) in [5.41, 5.74) is 1.84. The second-order valence-corrected chi connectivity index (χ2v) is 5.19. The second kappa shape index (κ2) is 7.36. The Labute approximate surface area is 124 Å². The third-order valence-electron chi connectivity index (χ3n) is 3.20. The first kappa shape index (κ1) is 14.9. The van der Waals surface area contributed by atoms with Crippen molar-refractivity contribution in [1.82, 2.24) is 10.3 Å². The fourth-order valence-corrected chi connectivity index (χ4v) is 2.47. The van der Waals surface area contributed by atoms with Gasteiger partial charge in [-0.15, -0.1) is 0 Å². The molecule has 2 nitrogen and oxygen atoms in total. The van der Waals surface area contributed by atoms with Crippen LogP contribution in [-0.4, -0.2) is 17.6 Å². The SMILES string of the molecule is CCNC(Cc1ccncc1)Cc1cc(Cl)ccc1F. The molecule has 0 aliphatic heterocycles. The molecule has 1 atom stereocenters. The van der Waals surface area contributed by atoms with Crippen LogP contribution < -0.4 is 5.32 Å². The number of nitrogens with zero attached hydrogens (tertiary/aromatic N) is 1. The number of aromatic nitrogens is 1. The minimum Gasteiger partial charge on any atom is -0.314 e. The number of rotatable bonds is 6. The van der Waals surface area contributed by atoms with Gasteiger partial charge in [0.2, 0.25) is 0 Å². The molecule has 1 N–H and O–H groups in total. The summed E-state index contributed by atoms with van der Waals surface area (Å²) in [5, 5.41) is 3.97. The summed E-state index contributed by atoms with van der Waals surface area (Å²) in [6.07, 6.45) is 5.00. The summed E-state index contributed by atoms with van der Waals surface area (Å²) < 4.78 is 13.8. The molecule has 0 aliphatic rings. The summed E-state index contributed by atoms with van der Waals surface area (Å²) in [4.78, 5) is 4.01. The maximum absolute atomic E-state index is 13.8. The van der Waals surface area contributed by atoms with Gasteiger partial charge in [0.05, 0.1) is 0 Å². The predicted molar refractivity (Wildman–Crippen MR) is 80.5 cm³/mol. The van der Waals surface area contributed by atoms with Gasteiger partial charge in [0.25, 0.3) is 0 Å². The molecule has 0 saturated heterocycles. The van der Waals surface area contributed by atoms with Crippen LogP contribution in [0.2, 0.25) is 5.02 Å². The van der Waals surface area contributed by atoms with Crippen molar-refractivity contribution >= 4 is 11.6 Å². The molecule has 1 heterocycles. The minimum absolute atomic E-state index is 0.176. The van der Waals surface area contributed by atoms with Crippen LogP contribution >= 0.6 is 11.6 Å². The van der Waals surface area contributed by atoms with Gasteiger partial charge < -0.3 is 5.32 Å². The molecule has 0 saturated carbocycles. The summed E-state index contributed by atoms with van der Waals surface area (Å²) in [7, 11) is 0. The van der Waals surface area contributed by atoms with E-state index in [1.165, 1.54) is 11.6 Å². The molecule has 0 radical (unpaired) electrons. The average Bonchev–Trinajstić information content (AvgIpc) is 2.44. The normalized spacial score (nSPS) is 12.3. The van der Waals surface area contributed by atoms with Crippen LogP contribution in [0.25, 0.3) is 0 Å². The number of likely N-dealkylation sites (N-methyl/N-ethyl adjacent to an activating group) is 1. The molecular weight excluding hydrogens is 275 g/mol. The number of hydrogen-bond donors (Lipinski definition) is 1. The number of halogens is 2. The number of benzene rings is 1. The fraction of sp³-hybridized carbons (Fsp3) is 0.312. The highest BCUT2D eigenvalue weighted by Gasteiger charge is 2.12. The van der Waals surface area contributed by atoms with Crippen molar-refractivity contribution in [3.63, 3.8) is 0 Å². The van der Waals surface area contributed by atoms with Gasteiger partial charge in [-0.3, -0.25) is 4.98 Å². The number of pyridine rings is 1. The molecule has 4 heteroatoms. The molecule has 1 unspecified atom stereocenters. The van der Waals surface area contributed by atoms with Crippen LogP contribution in [0.15, 0.2) is 42.7 Å². The van der Waals surface area contributed by atoms with Crippen LogP contribution in [0, 0.1) is 5.82 Å². The predicted octanol–water partition coefficient (Wildman–Crippen LogP) is 3.64. The van der Waals surface area contributed by atoms with Gasteiger partial charge in [-0.25, -0.2) is 4.39 Å². The smallest absolute Gasteiger partial charge is 0.126 e. The van der Waals surface area contributed by atoms with E-state index < -0.39 is 0 Å². The van der Waals surface area contributed by atoms with Gasteiger partial charge in [0.1, 0.15) is 5.82 Å². The Balaban J connectivity index is 2.11. The van der Waals surface area contributed by atoms with Gasteiger partial charge in [0, 0.05) is 23.5 Å². The highest BCUT2D eigenvalue weighted by atomic mass is 35.5. The lowest BCUT2D eigenvalue weighted by atomic mass is 9.99. The van der Waals surface area contributed by atoms with E-state index >= 15 is 0 Å². The zero-order valence-electron chi connectivity index (χ0n) is 11.4. The van der Waals surface area contributed by atoms with Crippen molar-refractivity contribution in [2.24, 2.45) is 0 Å². The molecule has 0 aliphatic carbocycles. The first-order valence-corrected chi connectivity index (χ1v) is 7.13. The molecule has 1 aromatic carbocycles. The van der Waals surface area contributed by atoms with Crippen molar-refractivity contribution < 1.29 is 4.39 Å². The zero-order chi connectivity index (χ0) is 14.4. The topological polar surface area (TPSA) is 24.9 Å². The van der Waals surface area contributed by atoms with E-state index in [9.17, 15) is 4.39 Å². The lowest BCUT2D eigenvalue weighted by Crippen LogP contribution is -2.33. The molecular formula is C16H18ClFN2. The Hall–Kier alpha value is -1.45. The highest BCUT2D eigenvalue weighted by Crippen LogP contribution is 2.17. The van der Waals surface area contributed by atoms with Gasteiger partial charge in [-0.2, -0.15) is 0 Å². The van der Waals surface area contributed by atoms with Crippen molar-refractivity contribution in [3.8, 4) is 0 Å². The summed E-state index contributed by atoms with van der Waals surface area (Å²) in [5.74, 6) is -0.202. The van der Waals surface area contributed by atoms with E-state index in [1.54, 1.807) is 24.5 Å². The molecule has 1 aromatic heterocycles. The zero-order valence-corrected chi connectivity index (χ0v) is 12.2. The third kappa shape index (κ3) is 4.29. The van der Waals surface area contributed by atoms with E-state index in [1.807, 2.05) is 19.1 Å². The number of hydrogen-bond acceptors (Lipinski definition) is 2. The lowest BCUT2D eigenvalue weighted by molar-refractivity contribution is 0.505.